The van der Waals surface area contributed by atoms with Crippen molar-refractivity contribution in [2.75, 3.05) is 27.3 Å². The summed E-state index contributed by atoms with van der Waals surface area (Å²) < 4.78 is 10.2. The van der Waals surface area contributed by atoms with E-state index in [1.807, 2.05) is 0 Å². The second kappa shape index (κ2) is 9.29. The van der Waals surface area contributed by atoms with Crippen LogP contribution in [-0.2, 0) is 0 Å². The van der Waals surface area contributed by atoms with Crippen molar-refractivity contribution in [3.8, 4) is 11.8 Å². The number of rotatable bonds is 7. The van der Waals surface area contributed by atoms with Crippen LogP contribution in [0.1, 0.15) is 48.9 Å². The molecule has 1 aromatic rings. The molecule has 0 unspecified atom stereocenters. The molecule has 0 aromatic carbocycles. The molecule has 23 heavy (non-hydrogen) atoms. The maximum atomic E-state index is 12.3. The average Bonchev–Trinajstić information content (AvgIpc) is 2.86. The van der Waals surface area contributed by atoms with Crippen molar-refractivity contribution in [3.05, 3.63) is 11.9 Å². The molecule has 1 aromatic heterocycles. The molecule has 0 saturated heterocycles. The SMILES string of the molecule is COc1ncnc(OC)c1C(=O)NCCNC1CCCCCC1. The third-order valence-electron chi connectivity index (χ3n) is 4.09. The fourth-order valence-electron chi connectivity index (χ4n) is 2.88. The number of methoxy groups -OCH3 is 2. The molecule has 0 aliphatic heterocycles. The number of amides is 1. The van der Waals surface area contributed by atoms with Gasteiger partial charge in [-0.1, -0.05) is 25.7 Å². The number of carbonyl (C=O) groups is 1. The summed E-state index contributed by atoms with van der Waals surface area (Å²) in [5, 5.41) is 6.38. The second-order valence-electron chi connectivity index (χ2n) is 5.67. The molecule has 0 bridgehead atoms. The second-order valence-corrected chi connectivity index (χ2v) is 5.67. The Bertz CT molecular complexity index is 480. The predicted octanol–water partition coefficient (Wildman–Crippen LogP) is 1.54. The zero-order valence-corrected chi connectivity index (χ0v) is 13.9. The molecule has 1 amide bonds. The predicted molar refractivity (Wildman–Crippen MR) is 87.0 cm³/mol. The molecular weight excluding hydrogens is 296 g/mol. The molecule has 128 valence electrons. The zero-order chi connectivity index (χ0) is 16.5. The Balaban J connectivity index is 1.83. The monoisotopic (exact) mass is 322 g/mol. The van der Waals surface area contributed by atoms with Crippen LogP contribution in [-0.4, -0.2) is 49.2 Å². The van der Waals surface area contributed by atoms with Gasteiger partial charge in [-0.15, -0.1) is 0 Å². The summed E-state index contributed by atoms with van der Waals surface area (Å²) in [5.41, 5.74) is 0.229. The Kier molecular flexibility index (Phi) is 7.06. The standard InChI is InChI=1S/C16H26N4O3/c1-22-15-13(16(23-2)20-11-19-15)14(21)18-10-9-17-12-7-5-3-4-6-8-12/h11-12,17H,3-10H2,1-2H3,(H,18,21). The van der Waals surface area contributed by atoms with Crippen molar-refractivity contribution in [2.24, 2.45) is 0 Å². The molecule has 1 aliphatic carbocycles. The lowest BCUT2D eigenvalue weighted by Crippen LogP contribution is -2.37. The molecule has 2 N–H and O–H groups in total. The van der Waals surface area contributed by atoms with E-state index in [1.54, 1.807) is 0 Å². The number of nitrogens with zero attached hydrogens (tertiary/aromatic N) is 2. The maximum Gasteiger partial charge on any atom is 0.262 e. The van der Waals surface area contributed by atoms with E-state index >= 15 is 0 Å². The topological polar surface area (TPSA) is 85.4 Å². The Morgan fingerprint density at radius 1 is 1.09 bits per heavy atom. The lowest BCUT2D eigenvalue weighted by atomic mass is 10.1. The number of hydrogen-bond donors (Lipinski definition) is 2. The molecule has 7 nitrogen and oxygen atoms in total. The Morgan fingerprint density at radius 3 is 2.26 bits per heavy atom. The molecule has 0 atom stereocenters. The molecule has 0 spiro atoms. The number of ether oxygens (including phenoxy) is 2. The molecule has 1 heterocycles. The smallest absolute Gasteiger partial charge is 0.262 e. The van der Waals surface area contributed by atoms with Gasteiger partial charge in [-0.25, -0.2) is 9.97 Å². The van der Waals surface area contributed by atoms with E-state index in [2.05, 4.69) is 20.6 Å². The van der Waals surface area contributed by atoms with Gasteiger partial charge in [-0.2, -0.15) is 0 Å². The minimum atomic E-state index is -0.290. The third-order valence-corrected chi connectivity index (χ3v) is 4.09. The first-order valence-electron chi connectivity index (χ1n) is 8.20. The fourth-order valence-corrected chi connectivity index (χ4v) is 2.88. The van der Waals surface area contributed by atoms with Crippen molar-refractivity contribution in [1.82, 2.24) is 20.6 Å². The van der Waals surface area contributed by atoms with Crippen LogP contribution in [0.25, 0.3) is 0 Å². The highest BCUT2D eigenvalue weighted by Crippen LogP contribution is 2.22. The van der Waals surface area contributed by atoms with Crippen LogP contribution in [0.3, 0.4) is 0 Å². The number of hydrogen-bond acceptors (Lipinski definition) is 6. The van der Waals surface area contributed by atoms with Gasteiger partial charge in [-0.05, 0) is 12.8 Å². The zero-order valence-electron chi connectivity index (χ0n) is 13.9. The normalized spacial score (nSPS) is 15.7. The van der Waals surface area contributed by atoms with Gasteiger partial charge in [0, 0.05) is 19.1 Å². The van der Waals surface area contributed by atoms with Gasteiger partial charge in [0.05, 0.1) is 14.2 Å². The van der Waals surface area contributed by atoms with Crippen LogP contribution in [0.4, 0.5) is 0 Å². The number of nitrogens with one attached hydrogen (secondary N) is 2. The molecular formula is C16H26N4O3. The molecule has 1 saturated carbocycles. The molecule has 1 aliphatic rings. The van der Waals surface area contributed by atoms with Crippen molar-refractivity contribution < 1.29 is 14.3 Å². The summed E-state index contributed by atoms with van der Waals surface area (Å²) in [4.78, 5) is 20.2. The third kappa shape index (κ3) is 5.06. The van der Waals surface area contributed by atoms with Crippen molar-refractivity contribution in [1.29, 1.82) is 0 Å². The van der Waals surface area contributed by atoms with Crippen molar-refractivity contribution in [2.45, 2.75) is 44.6 Å². The van der Waals surface area contributed by atoms with E-state index in [0.29, 0.717) is 12.6 Å². The van der Waals surface area contributed by atoms with E-state index in [4.69, 9.17) is 9.47 Å². The van der Waals surface area contributed by atoms with Gasteiger partial charge in [-0.3, -0.25) is 4.79 Å². The molecule has 7 heteroatoms. The summed E-state index contributed by atoms with van der Waals surface area (Å²) in [5.74, 6) is 0.138. The average molecular weight is 322 g/mol. The van der Waals surface area contributed by atoms with Gasteiger partial charge in [0.2, 0.25) is 11.8 Å². The van der Waals surface area contributed by atoms with Crippen LogP contribution < -0.4 is 20.1 Å². The van der Waals surface area contributed by atoms with E-state index in [0.717, 1.165) is 6.54 Å². The van der Waals surface area contributed by atoms with Crippen LogP contribution in [0, 0.1) is 0 Å². The van der Waals surface area contributed by atoms with Gasteiger partial charge >= 0.3 is 0 Å². The summed E-state index contributed by atoms with van der Waals surface area (Å²) >= 11 is 0. The first-order valence-corrected chi connectivity index (χ1v) is 8.20. The highest BCUT2D eigenvalue weighted by Gasteiger charge is 2.20. The molecule has 0 radical (unpaired) electrons. The molecule has 1 fully saturated rings. The summed E-state index contributed by atoms with van der Waals surface area (Å²) in [7, 11) is 2.93. The summed E-state index contributed by atoms with van der Waals surface area (Å²) in [6.45, 7) is 1.28. The van der Waals surface area contributed by atoms with Crippen LogP contribution >= 0.6 is 0 Å². The Morgan fingerprint density at radius 2 is 1.70 bits per heavy atom. The summed E-state index contributed by atoms with van der Waals surface area (Å²) in [6.07, 6.45) is 9.01. The van der Waals surface area contributed by atoms with Crippen LogP contribution in [0.15, 0.2) is 6.33 Å². The lowest BCUT2D eigenvalue weighted by Gasteiger charge is -2.16. The Labute approximate surface area is 137 Å². The fraction of sp³-hybridized carbons (Fsp3) is 0.688. The number of carbonyl (C=O) groups excluding carboxylic acids is 1. The van der Waals surface area contributed by atoms with Gasteiger partial charge in [0.25, 0.3) is 5.91 Å². The minimum absolute atomic E-state index is 0.214. The van der Waals surface area contributed by atoms with Gasteiger partial charge < -0.3 is 20.1 Å². The van der Waals surface area contributed by atoms with Crippen LogP contribution in [0.2, 0.25) is 0 Å². The lowest BCUT2D eigenvalue weighted by molar-refractivity contribution is 0.0945. The molecule has 2 rings (SSSR count). The van der Waals surface area contributed by atoms with E-state index in [-0.39, 0.29) is 23.2 Å². The van der Waals surface area contributed by atoms with Crippen molar-refractivity contribution in [3.63, 3.8) is 0 Å². The number of aromatic nitrogens is 2. The Hall–Kier alpha value is -1.89. The highest BCUT2D eigenvalue weighted by molar-refractivity contribution is 5.98. The van der Waals surface area contributed by atoms with Crippen LogP contribution in [0.5, 0.6) is 11.8 Å². The minimum Gasteiger partial charge on any atom is -0.480 e. The maximum absolute atomic E-state index is 12.3. The largest absolute Gasteiger partial charge is 0.480 e. The van der Waals surface area contributed by atoms with E-state index in [1.165, 1.54) is 59.1 Å². The highest BCUT2D eigenvalue weighted by atomic mass is 16.5. The summed E-state index contributed by atoms with van der Waals surface area (Å²) in [6, 6.07) is 0.568. The quantitative estimate of drug-likeness (QED) is 0.585. The first-order chi connectivity index (χ1) is 11.3. The van der Waals surface area contributed by atoms with E-state index in [9.17, 15) is 4.79 Å². The van der Waals surface area contributed by atoms with Crippen molar-refractivity contribution >= 4 is 5.91 Å². The van der Waals surface area contributed by atoms with E-state index < -0.39 is 0 Å². The first kappa shape index (κ1) is 17.5. The van der Waals surface area contributed by atoms with Gasteiger partial charge in [0.15, 0.2) is 5.56 Å². The van der Waals surface area contributed by atoms with Gasteiger partial charge in [0.1, 0.15) is 6.33 Å².